The number of amides is 1. The molecule has 1 aliphatic rings. The summed E-state index contributed by atoms with van der Waals surface area (Å²) >= 11 is 6.31. The summed E-state index contributed by atoms with van der Waals surface area (Å²) in [4.78, 5) is 32.6. The molecule has 170 valence electrons. The molecule has 0 aliphatic carbocycles. The quantitative estimate of drug-likeness (QED) is 0.726. The number of hydrogen-bond acceptors (Lipinski definition) is 6. The van der Waals surface area contributed by atoms with Crippen LogP contribution in [0.1, 0.15) is 46.0 Å². The van der Waals surface area contributed by atoms with E-state index in [0.717, 1.165) is 39.3 Å². The number of nitrogens with one attached hydrogen (secondary N) is 1. The zero-order valence-electron chi connectivity index (χ0n) is 18.6. The fourth-order valence-electron chi connectivity index (χ4n) is 3.61. The highest BCUT2D eigenvalue weighted by Crippen LogP contribution is 2.21. The first kappa shape index (κ1) is 23.5. The van der Waals surface area contributed by atoms with Crippen molar-refractivity contribution in [2.24, 2.45) is 0 Å². The topological polar surface area (TPSA) is 85.7 Å². The molecule has 3 rings (SSSR count). The van der Waals surface area contributed by atoms with Crippen molar-refractivity contribution >= 4 is 28.6 Å². The van der Waals surface area contributed by atoms with Gasteiger partial charge < -0.3 is 14.8 Å². The second-order valence-corrected chi connectivity index (χ2v) is 9.14. The van der Waals surface area contributed by atoms with Gasteiger partial charge in [-0.05, 0) is 46.2 Å². The summed E-state index contributed by atoms with van der Waals surface area (Å²) in [5.74, 6) is 0.479. The van der Waals surface area contributed by atoms with Gasteiger partial charge in [-0.15, -0.1) is 0 Å². The summed E-state index contributed by atoms with van der Waals surface area (Å²) in [5, 5.41) is 3.56. The SMILES string of the molecule is C[C@H](NC(=O)OC(C)(C)C)c1nc2cccc(Cl)c2c(=O)n1CCCN1CCOCC1. The molecule has 1 amide bonds. The van der Waals surface area contributed by atoms with E-state index in [9.17, 15) is 9.59 Å². The van der Waals surface area contributed by atoms with Crippen molar-refractivity contribution in [3.63, 3.8) is 0 Å². The van der Waals surface area contributed by atoms with E-state index in [-0.39, 0.29) is 5.56 Å². The van der Waals surface area contributed by atoms with E-state index >= 15 is 0 Å². The first-order valence-corrected chi connectivity index (χ1v) is 11.0. The van der Waals surface area contributed by atoms with Crippen LogP contribution in [0.4, 0.5) is 4.79 Å². The highest BCUT2D eigenvalue weighted by molar-refractivity contribution is 6.35. The number of carbonyl (C=O) groups is 1. The molecule has 31 heavy (non-hydrogen) atoms. The number of benzene rings is 1. The number of fused-ring (bicyclic) bond motifs is 1. The van der Waals surface area contributed by atoms with Gasteiger partial charge in [0.15, 0.2) is 0 Å². The number of morpholine rings is 1. The lowest BCUT2D eigenvalue weighted by Crippen LogP contribution is -2.39. The van der Waals surface area contributed by atoms with Gasteiger partial charge >= 0.3 is 6.09 Å². The van der Waals surface area contributed by atoms with Gasteiger partial charge in [-0.1, -0.05) is 17.7 Å². The maximum atomic E-state index is 13.3. The third-order valence-corrected chi connectivity index (χ3v) is 5.36. The molecule has 1 fully saturated rings. The molecule has 0 unspecified atom stereocenters. The van der Waals surface area contributed by atoms with Gasteiger partial charge in [0.2, 0.25) is 0 Å². The number of alkyl carbamates (subject to hydrolysis) is 1. The van der Waals surface area contributed by atoms with E-state index in [0.29, 0.717) is 28.3 Å². The van der Waals surface area contributed by atoms with Crippen LogP contribution in [-0.2, 0) is 16.0 Å². The summed E-state index contributed by atoms with van der Waals surface area (Å²) in [5.41, 5.74) is -0.313. The molecular weight excluding hydrogens is 420 g/mol. The van der Waals surface area contributed by atoms with Crippen molar-refractivity contribution < 1.29 is 14.3 Å². The zero-order chi connectivity index (χ0) is 22.6. The fourth-order valence-corrected chi connectivity index (χ4v) is 3.86. The molecule has 0 bridgehead atoms. The van der Waals surface area contributed by atoms with Gasteiger partial charge in [-0.3, -0.25) is 14.3 Å². The Morgan fingerprint density at radius 1 is 1.29 bits per heavy atom. The third kappa shape index (κ3) is 6.18. The van der Waals surface area contributed by atoms with Gasteiger partial charge in [0.25, 0.3) is 5.56 Å². The first-order valence-electron chi connectivity index (χ1n) is 10.6. The Morgan fingerprint density at radius 3 is 2.68 bits per heavy atom. The lowest BCUT2D eigenvalue weighted by molar-refractivity contribution is 0.0368. The molecule has 8 nitrogen and oxygen atoms in total. The van der Waals surface area contributed by atoms with E-state index in [4.69, 9.17) is 21.1 Å². The maximum Gasteiger partial charge on any atom is 0.408 e. The Kier molecular flexibility index (Phi) is 7.56. The van der Waals surface area contributed by atoms with Crippen LogP contribution in [0.5, 0.6) is 0 Å². The number of rotatable bonds is 6. The van der Waals surface area contributed by atoms with Crippen LogP contribution in [0.3, 0.4) is 0 Å². The Bertz CT molecular complexity index is 980. The monoisotopic (exact) mass is 450 g/mol. The summed E-state index contributed by atoms with van der Waals surface area (Å²) in [6, 6.07) is 4.68. The maximum absolute atomic E-state index is 13.3. The van der Waals surface area contributed by atoms with Crippen LogP contribution in [-0.4, -0.2) is 59.0 Å². The van der Waals surface area contributed by atoms with E-state index in [2.05, 4.69) is 15.2 Å². The second-order valence-electron chi connectivity index (χ2n) is 8.74. The van der Waals surface area contributed by atoms with Crippen molar-refractivity contribution in [2.75, 3.05) is 32.8 Å². The van der Waals surface area contributed by atoms with E-state index in [1.807, 2.05) is 0 Å². The molecule has 1 N–H and O–H groups in total. The van der Waals surface area contributed by atoms with E-state index < -0.39 is 17.7 Å². The van der Waals surface area contributed by atoms with Crippen LogP contribution < -0.4 is 10.9 Å². The van der Waals surface area contributed by atoms with Crippen LogP contribution >= 0.6 is 11.6 Å². The molecular formula is C22H31ClN4O4. The normalized spacial score (nSPS) is 16.3. The summed E-state index contributed by atoms with van der Waals surface area (Å²) < 4.78 is 12.4. The molecule has 0 spiro atoms. The minimum absolute atomic E-state index is 0.203. The molecule has 2 aromatic rings. The Balaban J connectivity index is 1.87. The Hall–Kier alpha value is -2.16. The largest absolute Gasteiger partial charge is 0.444 e. The van der Waals surface area contributed by atoms with Crippen LogP contribution in [0.15, 0.2) is 23.0 Å². The summed E-state index contributed by atoms with van der Waals surface area (Å²) in [6.07, 6.45) is 0.212. The molecule has 1 saturated heterocycles. The predicted octanol–water partition coefficient (Wildman–Crippen LogP) is 3.36. The lowest BCUT2D eigenvalue weighted by Gasteiger charge is -2.27. The Labute approximate surface area is 187 Å². The average molecular weight is 451 g/mol. The highest BCUT2D eigenvalue weighted by atomic mass is 35.5. The number of ether oxygens (including phenoxy) is 2. The number of carbonyl (C=O) groups excluding carboxylic acids is 1. The van der Waals surface area contributed by atoms with Gasteiger partial charge in [0.1, 0.15) is 11.4 Å². The fraction of sp³-hybridized carbons (Fsp3) is 0.591. The zero-order valence-corrected chi connectivity index (χ0v) is 19.4. The smallest absolute Gasteiger partial charge is 0.408 e. The number of aromatic nitrogens is 2. The highest BCUT2D eigenvalue weighted by Gasteiger charge is 2.23. The van der Waals surface area contributed by atoms with Gasteiger partial charge in [0, 0.05) is 26.2 Å². The number of halogens is 1. The predicted molar refractivity (Wildman–Crippen MR) is 121 cm³/mol. The minimum atomic E-state index is -0.619. The number of nitrogens with zero attached hydrogens (tertiary/aromatic N) is 3. The van der Waals surface area contributed by atoms with Gasteiger partial charge in [-0.2, -0.15) is 0 Å². The van der Waals surface area contributed by atoms with Crippen molar-refractivity contribution in [1.29, 1.82) is 0 Å². The second kappa shape index (κ2) is 9.97. The summed E-state index contributed by atoms with van der Waals surface area (Å²) in [7, 11) is 0. The molecule has 0 saturated carbocycles. The van der Waals surface area contributed by atoms with Crippen molar-refractivity contribution in [2.45, 2.75) is 52.3 Å². The molecule has 9 heteroatoms. The summed E-state index contributed by atoms with van der Waals surface area (Å²) in [6.45, 7) is 11.8. The standard InChI is InChI=1S/C22H31ClN4O4/c1-15(24-21(29)31-22(2,3)4)19-25-17-8-5-7-16(23)18(17)20(28)27(19)10-6-9-26-11-13-30-14-12-26/h5,7-8,15H,6,9-14H2,1-4H3,(H,24,29)/t15-/m0/s1. The number of hydrogen-bond donors (Lipinski definition) is 1. The molecule has 1 atom stereocenters. The third-order valence-electron chi connectivity index (χ3n) is 5.04. The average Bonchev–Trinajstić information content (AvgIpc) is 2.68. The van der Waals surface area contributed by atoms with Crippen molar-refractivity contribution in [1.82, 2.24) is 19.8 Å². The van der Waals surface area contributed by atoms with Crippen LogP contribution in [0.25, 0.3) is 10.9 Å². The Morgan fingerprint density at radius 2 is 2.00 bits per heavy atom. The van der Waals surface area contributed by atoms with Gasteiger partial charge in [0.05, 0.1) is 35.2 Å². The lowest BCUT2D eigenvalue weighted by atomic mass is 10.2. The molecule has 2 heterocycles. The van der Waals surface area contributed by atoms with Gasteiger partial charge in [-0.25, -0.2) is 9.78 Å². The first-order chi connectivity index (χ1) is 14.7. The molecule has 1 aromatic heterocycles. The molecule has 1 aliphatic heterocycles. The van der Waals surface area contributed by atoms with Crippen molar-refractivity contribution in [3.8, 4) is 0 Å². The van der Waals surface area contributed by atoms with Crippen molar-refractivity contribution in [3.05, 3.63) is 39.4 Å². The van der Waals surface area contributed by atoms with E-state index in [1.54, 1.807) is 50.5 Å². The van der Waals surface area contributed by atoms with Crippen LogP contribution in [0, 0.1) is 0 Å². The van der Waals surface area contributed by atoms with Crippen LogP contribution in [0.2, 0.25) is 5.02 Å². The molecule has 0 radical (unpaired) electrons. The van der Waals surface area contributed by atoms with E-state index in [1.165, 1.54) is 0 Å². The molecule has 1 aromatic carbocycles. The minimum Gasteiger partial charge on any atom is -0.444 e.